The third kappa shape index (κ3) is 4.68. The van der Waals surface area contributed by atoms with Gasteiger partial charge in [0, 0.05) is 11.7 Å². The first-order chi connectivity index (χ1) is 10.0. The number of hydrogen-bond donors (Lipinski definition) is 2. The van der Waals surface area contributed by atoms with Crippen molar-refractivity contribution in [3.8, 4) is 0 Å². The van der Waals surface area contributed by atoms with E-state index in [-0.39, 0.29) is 24.3 Å². The van der Waals surface area contributed by atoms with E-state index in [1.807, 2.05) is 38.1 Å². The summed E-state index contributed by atoms with van der Waals surface area (Å²) in [5.74, 6) is -0.363. The number of nitrogens with one attached hydrogen (secondary N) is 2. The summed E-state index contributed by atoms with van der Waals surface area (Å²) in [4.78, 5) is 11.9. The predicted octanol–water partition coefficient (Wildman–Crippen LogP) is 3.42. The smallest absolute Gasteiger partial charge is 0.238 e. The molecule has 1 amide bonds. The van der Waals surface area contributed by atoms with Gasteiger partial charge in [0.2, 0.25) is 5.91 Å². The Hall–Kier alpha value is -2.20. The fourth-order valence-corrected chi connectivity index (χ4v) is 2.04. The van der Waals surface area contributed by atoms with Crippen LogP contribution in [0.15, 0.2) is 48.5 Å². The Bertz CT molecular complexity index is 610. The number of amides is 1. The molecule has 0 radical (unpaired) electrons. The van der Waals surface area contributed by atoms with E-state index in [2.05, 4.69) is 10.6 Å². The highest BCUT2D eigenvalue weighted by Gasteiger charge is 2.08. The molecule has 1 atom stereocenters. The van der Waals surface area contributed by atoms with Crippen LogP contribution < -0.4 is 10.6 Å². The molecule has 2 aromatic carbocycles. The number of halogens is 1. The molecular formula is C17H19FN2O. The maximum atomic E-state index is 12.9. The van der Waals surface area contributed by atoms with Crippen molar-refractivity contribution in [2.45, 2.75) is 19.9 Å². The van der Waals surface area contributed by atoms with Crippen molar-refractivity contribution in [1.29, 1.82) is 0 Å². The van der Waals surface area contributed by atoms with Crippen LogP contribution in [0.2, 0.25) is 0 Å². The van der Waals surface area contributed by atoms with Gasteiger partial charge in [0.1, 0.15) is 5.82 Å². The molecule has 0 aliphatic carbocycles. The summed E-state index contributed by atoms with van der Waals surface area (Å²) in [6, 6.07) is 13.9. The Balaban J connectivity index is 1.84. The molecule has 0 bridgehead atoms. The predicted molar refractivity (Wildman–Crippen MR) is 82.6 cm³/mol. The Morgan fingerprint density at radius 1 is 1.19 bits per heavy atom. The van der Waals surface area contributed by atoms with Gasteiger partial charge in [0.15, 0.2) is 0 Å². The molecule has 0 aliphatic rings. The lowest BCUT2D eigenvalue weighted by molar-refractivity contribution is -0.115. The Morgan fingerprint density at radius 3 is 2.57 bits per heavy atom. The molecule has 4 heteroatoms. The van der Waals surface area contributed by atoms with E-state index >= 15 is 0 Å². The summed E-state index contributed by atoms with van der Waals surface area (Å²) in [7, 11) is 0. The summed E-state index contributed by atoms with van der Waals surface area (Å²) >= 11 is 0. The van der Waals surface area contributed by atoms with E-state index in [0.29, 0.717) is 0 Å². The van der Waals surface area contributed by atoms with Gasteiger partial charge in [0.25, 0.3) is 0 Å². The molecule has 3 nitrogen and oxygen atoms in total. The molecule has 0 heterocycles. The number of benzene rings is 2. The Morgan fingerprint density at radius 2 is 1.90 bits per heavy atom. The second-order valence-corrected chi connectivity index (χ2v) is 5.07. The van der Waals surface area contributed by atoms with E-state index in [1.54, 1.807) is 12.1 Å². The Kier molecular flexibility index (Phi) is 5.06. The number of hydrogen-bond acceptors (Lipinski definition) is 2. The van der Waals surface area contributed by atoms with Crippen LogP contribution in [0.5, 0.6) is 0 Å². The summed E-state index contributed by atoms with van der Waals surface area (Å²) in [6.07, 6.45) is 0. The van der Waals surface area contributed by atoms with Gasteiger partial charge in [-0.25, -0.2) is 4.39 Å². The average molecular weight is 286 g/mol. The third-order valence-corrected chi connectivity index (χ3v) is 3.24. The third-order valence-electron chi connectivity index (χ3n) is 3.24. The number of anilines is 1. The van der Waals surface area contributed by atoms with E-state index < -0.39 is 0 Å². The van der Waals surface area contributed by atoms with Gasteiger partial charge >= 0.3 is 0 Å². The van der Waals surface area contributed by atoms with Gasteiger partial charge in [-0.15, -0.1) is 0 Å². The molecule has 2 rings (SSSR count). The van der Waals surface area contributed by atoms with Crippen molar-refractivity contribution in [2.24, 2.45) is 0 Å². The van der Waals surface area contributed by atoms with Crippen molar-refractivity contribution >= 4 is 11.6 Å². The zero-order valence-corrected chi connectivity index (χ0v) is 12.2. The average Bonchev–Trinajstić information content (AvgIpc) is 2.45. The highest BCUT2D eigenvalue weighted by Crippen LogP contribution is 2.13. The monoisotopic (exact) mass is 286 g/mol. The van der Waals surface area contributed by atoms with Crippen molar-refractivity contribution < 1.29 is 9.18 Å². The molecule has 21 heavy (non-hydrogen) atoms. The van der Waals surface area contributed by atoms with Crippen LogP contribution in [0.3, 0.4) is 0 Å². The fourth-order valence-electron chi connectivity index (χ4n) is 2.04. The van der Waals surface area contributed by atoms with Gasteiger partial charge in [-0.05, 0) is 49.2 Å². The highest BCUT2D eigenvalue weighted by atomic mass is 19.1. The SMILES string of the molecule is Cc1cccc(NC(=O)CN[C@H](C)c2ccc(F)cc2)c1. The zero-order chi connectivity index (χ0) is 15.2. The number of rotatable bonds is 5. The fraction of sp³-hybridized carbons (Fsp3) is 0.235. The molecule has 0 saturated heterocycles. The van der Waals surface area contributed by atoms with Crippen molar-refractivity contribution in [3.63, 3.8) is 0 Å². The molecule has 0 spiro atoms. The van der Waals surface area contributed by atoms with Gasteiger partial charge in [0.05, 0.1) is 6.54 Å². The molecule has 0 aliphatic heterocycles. The first-order valence-corrected chi connectivity index (χ1v) is 6.90. The van der Waals surface area contributed by atoms with Crippen LogP contribution >= 0.6 is 0 Å². The largest absolute Gasteiger partial charge is 0.325 e. The summed E-state index contributed by atoms with van der Waals surface area (Å²) in [5.41, 5.74) is 2.83. The first-order valence-electron chi connectivity index (χ1n) is 6.90. The van der Waals surface area contributed by atoms with Crippen LogP contribution in [0.25, 0.3) is 0 Å². The van der Waals surface area contributed by atoms with Crippen LogP contribution in [0, 0.1) is 12.7 Å². The standard InChI is InChI=1S/C17H19FN2O/c1-12-4-3-5-16(10-12)20-17(21)11-19-13(2)14-6-8-15(18)9-7-14/h3-10,13,19H,11H2,1-2H3,(H,20,21)/t13-/m1/s1. The molecule has 0 aromatic heterocycles. The molecule has 2 aromatic rings. The van der Waals surface area contributed by atoms with Gasteiger partial charge in [-0.2, -0.15) is 0 Å². The summed E-state index contributed by atoms with van der Waals surface area (Å²) < 4.78 is 12.9. The van der Waals surface area contributed by atoms with Gasteiger partial charge < -0.3 is 10.6 Å². The number of carbonyl (C=O) groups excluding carboxylic acids is 1. The zero-order valence-electron chi connectivity index (χ0n) is 12.2. The lowest BCUT2D eigenvalue weighted by Crippen LogP contribution is -2.30. The minimum atomic E-state index is -0.261. The van der Waals surface area contributed by atoms with Crippen LogP contribution in [0.1, 0.15) is 24.1 Å². The minimum Gasteiger partial charge on any atom is -0.325 e. The topological polar surface area (TPSA) is 41.1 Å². The molecule has 0 fully saturated rings. The van der Waals surface area contributed by atoms with Crippen LogP contribution in [-0.2, 0) is 4.79 Å². The molecule has 0 saturated carbocycles. The van der Waals surface area contributed by atoms with Gasteiger partial charge in [-0.1, -0.05) is 24.3 Å². The molecule has 2 N–H and O–H groups in total. The highest BCUT2D eigenvalue weighted by molar-refractivity contribution is 5.92. The van der Waals surface area contributed by atoms with E-state index in [1.165, 1.54) is 12.1 Å². The van der Waals surface area contributed by atoms with Gasteiger partial charge in [-0.3, -0.25) is 4.79 Å². The lowest BCUT2D eigenvalue weighted by Gasteiger charge is -2.14. The lowest BCUT2D eigenvalue weighted by atomic mass is 10.1. The quantitative estimate of drug-likeness (QED) is 0.884. The number of aryl methyl sites for hydroxylation is 1. The second kappa shape index (κ2) is 6.99. The normalized spacial score (nSPS) is 12.0. The summed E-state index contributed by atoms with van der Waals surface area (Å²) in [5, 5.41) is 5.96. The van der Waals surface area contributed by atoms with Crippen molar-refractivity contribution in [3.05, 3.63) is 65.5 Å². The maximum absolute atomic E-state index is 12.9. The second-order valence-electron chi connectivity index (χ2n) is 5.07. The van der Waals surface area contributed by atoms with Crippen LogP contribution in [0.4, 0.5) is 10.1 Å². The summed E-state index contributed by atoms with van der Waals surface area (Å²) in [6.45, 7) is 4.12. The molecular weight excluding hydrogens is 267 g/mol. The number of carbonyl (C=O) groups is 1. The minimum absolute atomic E-state index is 0.0196. The first kappa shape index (κ1) is 15.2. The molecule has 0 unspecified atom stereocenters. The molecule has 110 valence electrons. The Labute approximate surface area is 124 Å². The van der Waals surface area contributed by atoms with Crippen LogP contribution in [-0.4, -0.2) is 12.5 Å². The van der Waals surface area contributed by atoms with Crippen molar-refractivity contribution in [1.82, 2.24) is 5.32 Å². The maximum Gasteiger partial charge on any atom is 0.238 e. The van der Waals surface area contributed by atoms with E-state index in [9.17, 15) is 9.18 Å². The van der Waals surface area contributed by atoms with E-state index in [0.717, 1.165) is 16.8 Å². The van der Waals surface area contributed by atoms with E-state index in [4.69, 9.17) is 0 Å². The van der Waals surface area contributed by atoms with Crippen molar-refractivity contribution in [2.75, 3.05) is 11.9 Å².